The Bertz CT molecular complexity index is 1330. The second-order valence-corrected chi connectivity index (χ2v) is 8.49. The number of rotatable bonds is 4. The molecule has 0 fully saturated rings. The van der Waals surface area contributed by atoms with E-state index in [1.807, 2.05) is 19.1 Å². The summed E-state index contributed by atoms with van der Waals surface area (Å²) in [6.07, 6.45) is 0. The van der Waals surface area contributed by atoms with Crippen LogP contribution in [-0.2, 0) is 0 Å². The van der Waals surface area contributed by atoms with Crippen molar-refractivity contribution >= 4 is 49.8 Å². The first-order valence-electron chi connectivity index (χ1n) is 8.75. The van der Waals surface area contributed by atoms with Gasteiger partial charge in [-0.1, -0.05) is 24.3 Å². The first-order chi connectivity index (χ1) is 14.3. The van der Waals surface area contributed by atoms with Crippen LogP contribution in [0.3, 0.4) is 0 Å². The van der Waals surface area contributed by atoms with Gasteiger partial charge in [-0.2, -0.15) is 0 Å². The van der Waals surface area contributed by atoms with Crippen LogP contribution in [0, 0.1) is 25.5 Å². The van der Waals surface area contributed by atoms with Crippen molar-refractivity contribution < 1.29 is 23.5 Å². The topological polar surface area (TPSA) is 79.3 Å². The molecule has 2 aromatic carbocycles. The highest BCUT2D eigenvalue weighted by Gasteiger charge is 2.25. The molecule has 5 nitrogen and oxygen atoms in total. The van der Waals surface area contributed by atoms with E-state index in [0.717, 1.165) is 21.6 Å². The molecule has 2 heterocycles. The lowest BCUT2D eigenvalue weighted by Gasteiger charge is -2.07. The van der Waals surface area contributed by atoms with Gasteiger partial charge in [-0.05, 0) is 31.0 Å². The average Bonchev–Trinajstić information content (AvgIpc) is 3.31. The summed E-state index contributed by atoms with van der Waals surface area (Å²) in [6, 6.07) is 8.23. The van der Waals surface area contributed by atoms with Crippen LogP contribution in [0.5, 0.6) is 0 Å². The lowest BCUT2D eigenvalue weighted by Crippen LogP contribution is -2.13. The molecule has 0 unspecified atom stereocenters. The van der Waals surface area contributed by atoms with Crippen molar-refractivity contribution in [3.63, 3.8) is 0 Å². The van der Waals surface area contributed by atoms with E-state index in [9.17, 15) is 23.5 Å². The number of fused-ring (bicyclic) bond motifs is 1. The molecule has 0 aliphatic heterocycles. The van der Waals surface area contributed by atoms with Gasteiger partial charge >= 0.3 is 5.97 Å². The number of carbonyl (C=O) groups excluding carboxylic acids is 1. The average molecular weight is 444 g/mol. The van der Waals surface area contributed by atoms with Crippen molar-refractivity contribution in [1.29, 1.82) is 0 Å². The molecule has 4 rings (SSSR count). The van der Waals surface area contributed by atoms with Gasteiger partial charge in [0.25, 0.3) is 5.91 Å². The van der Waals surface area contributed by atoms with E-state index in [1.54, 1.807) is 6.07 Å². The number of anilines is 1. The number of hydrogen-bond acceptors (Lipinski definition) is 5. The third-order valence-electron chi connectivity index (χ3n) is 4.60. The van der Waals surface area contributed by atoms with Crippen LogP contribution >= 0.6 is 22.7 Å². The second-order valence-electron chi connectivity index (χ2n) is 6.61. The van der Waals surface area contributed by atoms with E-state index >= 15 is 0 Å². The van der Waals surface area contributed by atoms with E-state index in [1.165, 1.54) is 35.8 Å². The van der Waals surface area contributed by atoms with Crippen LogP contribution in [0.25, 0.3) is 21.3 Å². The van der Waals surface area contributed by atoms with Crippen LogP contribution in [0.1, 0.15) is 31.3 Å². The van der Waals surface area contributed by atoms with E-state index < -0.39 is 23.5 Å². The molecular weight excluding hydrogens is 430 g/mol. The first kappa shape index (κ1) is 20.1. The minimum Gasteiger partial charge on any atom is -0.478 e. The van der Waals surface area contributed by atoms with Gasteiger partial charge in [0.2, 0.25) is 0 Å². The normalized spacial score (nSPS) is 11.1. The Morgan fingerprint density at radius 3 is 2.50 bits per heavy atom. The SMILES string of the molecule is Cc1ccc(-c2csc(NC(=O)c3nc4cccc(C)c4s3)c2C(=O)O)c(F)c1F. The molecule has 9 heteroatoms. The highest BCUT2D eigenvalue weighted by Crippen LogP contribution is 2.38. The first-order valence-corrected chi connectivity index (χ1v) is 10.4. The molecule has 0 saturated carbocycles. The van der Waals surface area contributed by atoms with Crippen LogP contribution < -0.4 is 5.32 Å². The fourth-order valence-corrected chi connectivity index (χ4v) is 4.93. The number of aromatic carboxylic acids is 1. The molecule has 0 aliphatic carbocycles. The molecule has 0 atom stereocenters. The molecule has 1 amide bonds. The Kier molecular flexibility index (Phi) is 5.08. The number of carbonyl (C=O) groups is 2. The molecule has 0 bridgehead atoms. The van der Waals surface area contributed by atoms with E-state index in [2.05, 4.69) is 10.3 Å². The number of hydrogen-bond donors (Lipinski definition) is 2. The van der Waals surface area contributed by atoms with Gasteiger partial charge in [-0.3, -0.25) is 4.79 Å². The lowest BCUT2D eigenvalue weighted by molar-refractivity contribution is 0.0699. The number of carboxylic acid groups (broad SMARTS) is 1. The quantitative estimate of drug-likeness (QED) is 0.413. The maximum Gasteiger partial charge on any atom is 0.339 e. The molecule has 0 saturated heterocycles. The lowest BCUT2D eigenvalue weighted by atomic mass is 10.0. The van der Waals surface area contributed by atoms with E-state index in [4.69, 9.17) is 0 Å². The number of thiazole rings is 1. The zero-order valence-electron chi connectivity index (χ0n) is 15.7. The van der Waals surface area contributed by atoms with Crippen molar-refractivity contribution in [2.24, 2.45) is 0 Å². The van der Waals surface area contributed by atoms with Gasteiger partial charge in [0.15, 0.2) is 16.6 Å². The monoisotopic (exact) mass is 444 g/mol. The van der Waals surface area contributed by atoms with Gasteiger partial charge in [0.1, 0.15) is 10.6 Å². The minimum atomic E-state index is -1.36. The molecule has 152 valence electrons. The summed E-state index contributed by atoms with van der Waals surface area (Å²) in [5.41, 5.74) is 1.29. The van der Waals surface area contributed by atoms with E-state index in [0.29, 0.717) is 5.52 Å². The summed E-state index contributed by atoms with van der Waals surface area (Å²) >= 11 is 2.13. The number of nitrogens with one attached hydrogen (secondary N) is 1. The molecule has 0 spiro atoms. The molecule has 0 aliphatic rings. The van der Waals surface area contributed by atoms with E-state index in [-0.39, 0.29) is 32.3 Å². The number of halogens is 2. The maximum absolute atomic E-state index is 14.4. The zero-order chi connectivity index (χ0) is 21.6. The van der Waals surface area contributed by atoms with Gasteiger partial charge in [0, 0.05) is 16.5 Å². The Balaban J connectivity index is 1.73. The fourth-order valence-electron chi connectivity index (χ4n) is 3.05. The molecule has 2 N–H and O–H groups in total. The summed E-state index contributed by atoms with van der Waals surface area (Å²) in [6.45, 7) is 3.32. The van der Waals surface area contributed by atoms with Gasteiger partial charge in [-0.25, -0.2) is 18.6 Å². The zero-order valence-corrected chi connectivity index (χ0v) is 17.4. The van der Waals surface area contributed by atoms with Crippen molar-refractivity contribution in [3.8, 4) is 11.1 Å². The molecule has 0 radical (unpaired) electrons. The number of aromatic nitrogens is 1. The Labute approximate surface area is 177 Å². The smallest absolute Gasteiger partial charge is 0.339 e. The number of carboxylic acids is 1. The summed E-state index contributed by atoms with van der Waals surface area (Å²) in [5.74, 6) is -4.09. The number of thiophene rings is 1. The summed E-state index contributed by atoms with van der Waals surface area (Å²) in [7, 11) is 0. The van der Waals surface area contributed by atoms with Crippen LogP contribution in [0.15, 0.2) is 35.7 Å². The Morgan fingerprint density at radius 1 is 1.03 bits per heavy atom. The van der Waals surface area contributed by atoms with Crippen molar-refractivity contribution in [3.05, 3.63) is 69.0 Å². The Morgan fingerprint density at radius 2 is 1.80 bits per heavy atom. The Hall–Kier alpha value is -3.17. The summed E-state index contributed by atoms with van der Waals surface area (Å²) < 4.78 is 29.3. The number of nitrogens with zero attached hydrogens (tertiary/aromatic N) is 1. The largest absolute Gasteiger partial charge is 0.478 e. The highest BCUT2D eigenvalue weighted by atomic mass is 32.1. The number of amides is 1. The van der Waals surface area contributed by atoms with Crippen molar-refractivity contribution in [2.45, 2.75) is 13.8 Å². The van der Waals surface area contributed by atoms with Crippen molar-refractivity contribution in [1.82, 2.24) is 4.98 Å². The molecule has 2 aromatic heterocycles. The molecular formula is C21H14F2N2O3S2. The number of aryl methyl sites for hydroxylation is 2. The minimum absolute atomic E-state index is 0.000607. The van der Waals surface area contributed by atoms with Gasteiger partial charge in [-0.15, -0.1) is 22.7 Å². The molecule has 4 aromatic rings. The summed E-state index contributed by atoms with van der Waals surface area (Å²) in [4.78, 5) is 28.9. The van der Waals surface area contributed by atoms with Gasteiger partial charge < -0.3 is 10.4 Å². The van der Waals surface area contributed by atoms with Crippen molar-refractivity contribution in [2.75, 3.05) is 5.32 Å². The number of benzene rings is 2. The third-order valence-corrected chi connectivity index (χ3v) is 6.70. The highest BCUT2D eigenvalue weighted by molar-refractivity contribution is 7.20. The standard InChI is InChI=1S/C21H14F2N2O3S2/c1-9-6-7-11(16(23)15(9)22)12-8-29-19(14(12)21(27)28)25-18(26)20-24-13-5-3-4-10(2)17(13)30-20/h3-8H,1-2H3,(H,25,26)(H,27,28). The summed E-state index contributed by atoms with van der Waals surface area (Å²) in [5, 5.41) is 13.8. The predicted molar refractivity (Wildman–Crippen MR) is 114 cm³/mol. The third kappa shape index (κ3) is 3.35. The van der Waals surface area contributed by atoms with Crippen LogP contribution in [0.2, 0.25) is 0 Å². The molecule has 30 heavy (non-hydrogen) atoms. The fraction of sp³-hybridized carbons (Fsp3) is 0.0952. The second kappa shape index (κ2) is 7.58. The van der Waals surface area contributed by atoms with Crippen LogP contribution in [0.4, 0.5) is 13.8 Å². The maximum atomic E-state index is 14.4. The van der Waals surface area contributed by atoms with Gasteiger partial charge in [0.05, 0.1) is 10.2 Å². The predicted octanol–water partition coefficient (Wildman–Crippen LogP) is 5.87. The van der Waals surface area contributed by atoms with Crippen LogP contribution in [-0.4, -0.2) is 22.0 Å².